The van der Waals surface area contributed by atoms with Gasteiger partial charge in [-0.25, -0.2) is 0 Å². The van der Waals surface area contributed by atoms with E-state index in [9.17, 15) is 5.11 Å². The number of methoxy groups -OCH3 is 1. The molecular weight excluding hydrogens is 280 g/mol. The molecule has 0 unspecified atom stereocenters. The van der Waals surface area contributed by atoms with Crippen LogP contribution in [0.15, 0.2) is 12.1 Å². The van der Waals surface area contributed by atoms with Gasteiger partial charge in [0.2, 0.25) is 0 Å². The average molecular weight is 303 g/mol. The smallest absolute Gasteiger partial charge is 0.166 e. The zero-order valence-corrected chi connectivity index (χ0v) is 13.1. The summed E-state index contributed by atoms with van der Waals surface area (Å²) in [4.78, 5) is 0. The Hall–Kier alpha value is -0.970. The van der Waals surface area contributed by atoms with Crippen LogP contribution in [-0.4, -0.2) is 32.0 Å². The Morgan fingerprint density at radius 2 is 1.95 bits per heavy atom. The second-order valence-corrected chi connectivity index (χ2v) is 5.33. The quantitative estimate of drug-likeness (QED) is 0.711. The summed E-state index contributed by atoms with van der Waals surface area (Å²) in [5.74, 6) is 1.67. The van der Waals surface area contributed by atoms with Gasteiger partial charge < -0.3 is 19.3 Å². The maximum absolute atomic E-state index is 9.34. The molecule has 1 rings (SSSR count). The van der Waals surface area contributed by atoms with Crippen molar-refractivity contribution in [2.75, 3.05) is 26.9 Å². The van der Waals surface area contributed by atoms with E-state index in [1.54, 1.807) is 19.2 Å². The normalized spacial score (nSPS) is 10.9. The van der Waals surface area contributed by atoms with E-state index >= 15 is 0 Å². The van der Waals surface area contributed by atoms with E-state index in [1.807, 2.05) is 0 Å². The van der Waals surface area contributed by atoms with Gasteiger partial charge in [-0.15, -0.1) is 0 Å². The number of halogens is 1. The molecule has 0 bridgehead atoms. The molecule has 1 N–H and O–H groups in total. The first-order chi connectivity index (χ1) is 9.58. The molecule has 0 aliphatic heterocycles. The molecule has 0 radical (unpaired) electrons. The Balaban J connectivity index is 2.50. The highest BCUT2D eigenvalue weighted by atomic mass is 35.5. The molecule has 4 nitrogen and oxygen atoms in total. The van der Waals surface area contributed by atoms with Gasteiger partial charge in [0.25, 0.3) is 0 Å². The number of ether oxygens (including phenoxy) is 3. The zero-order chi connectivity index (χ0) is 15.0. The van der Waals surface area contributed by atoms with Gasteiger partial charge in [0.05, 0.1) is 20.3 Å². The first kappa shape index (κ1) is 17.1. The molecule has 0 fully saturated rings. The number of benzene rings is 1. The number of hydrogen-bond donors (Lipinski definition) is 1. The number of hydrogen-bond acceptors (Lipinski definition) is 4. The van der Waals surface area contributed by atoms with Crippen LogP contribution in [0, 0.1) is 5.92 Å². The van der Waals surface area contributed by atoms with Gasteiger partial charge in [0.1, 0.15) is 6.61 Å². The van der Waals surface area contributed by atoms with Crippen molar-refractivity contribution in [3.8, 4) is 11.5 Å². The molecular formula is C15H23ClO4. The third-order valence-corrected chi connectivity index (χ3v) is 3.02. The maximum Gasteiger partial charge on any atom is 0.166 e. The summed E-state index contributed by atoms with van der Waals surface area (Å²) in [6, 6.07) is 3.33. The van der Waals surface area contributed by atoms with Gasteiger partial charge in [0.15, 0.2) is 11.5 Å². The second-order valence-electron chi connectivity index (χ2n) is 4.90. The van der Waals surface area contributed by atoms with Gasteiger partial charge in [0, 0.05) is 23.3 Å². The highest BCUT2D eigenvalue weighted by Crippen LogP contribution is 2.34. The second kappa shape index (κ2) is 9.06. The van der Waals surface area contributed by atoms with Crippen LogP contribution < -0.4 is 9.47 Å². The summed E-state index contributed by atoms with van der Waals surface area (Å²) in [6.45, 7) is 5.80. The van der Waals surface area contributed by atoms with Gasteiger partial charge in [-0.05, 0) is 18.4 Å². The predicted octanol–water partition coefficient (Wildman–Crippen LogP) is 3.28. The topological polar surface area (TPSA) is 47.9 Å². The van der Waals surface area contributed by atoms with Crippen molar-refractivity contribution in [2.45, 2.75) is 26.9 Å². The summed E-state index contributed by atoms with van der Waals surface area (Å²) in [6.07, 6.45) is 1.03. The summed E-state index contributed by atoms with van der Waals surface area (Å²) < 4.78 is 16.3. The van der Waals surface area contributed by atoms with Gasteiger partial charge >= 0.3 is 0 Å². The Labute approximate surface area is 125 Å². The van der Waals surface area contributed by atoms with Gasteiger partial charge in [-0.1, -0.05) is 25.4 Å². The molecule has 0 aliphatic rings. The lowest BCUT2D eigenvalue weighted by atomic mass is 10.1. The van der Waals surface area contributed by atoms with Crippen LogP contribution in [0.3, 0.4) is 0 Å². The zero-order valence-electron chi connectivity index (χ0n) is 12.3. The lowest BCUT2D eigenvalue weighted by Crippen LogP contribution is -2.10. The largest absolute Gasteiger partial charge is 0.493 e. The summed E-state index contributed by atoms with van der Waals surface area (Å²) in [7, 11) is 1.54. The van der Waals surface area contributed by atoms with Crippen LogP contribution in [0.5, 0.6) is 11.5 Å². The lowest BCUT2D eigenvalue weighted by Gasteiger charge is -2.15. The molecule has 0 saturated heterocycles. The van der Waals surface area contributed by atoms with Crippen molar-refractivity contribution in [1.82, 2.24) is 0 Å². The van der Waals surface area contributed by atoms with Crippen LogP contribution in [-0.2, 0) is 11.3 Å². The molecule has 1 aromatic rings. The van der Waals surface area contributed by atoms with E-state index in [4.69, 9.17) is 25.8 Å². The number of aliphatic hydroxyl groups is 1. The SMILES string of the molecule is COc1cc(Cl)cc(CO)c1OCCOCCC(C)C. The van der Waals surface area contributed by atoms with Crippen LogP contribution in [0.25, 0.3) is 0 Å². The van der Waals surface area contributed by atoms with Gasteiger partial charge in [-0.3, -0.25) is 0 Å². The number of rotatable bonds is 9. The lowest BCUT2D eigenvalue weighted by molar-refractivity contribution is 0.0907. The summed E-state index contributed by atoms with van der Waals surface area (Å²) in [5.41, 5.74) is 0.608. The predicted molar refractivity (Wildman–Crippen MR) is 79.7 cm³/mol. The molecule has 0 saturated carbocycles. The first-order valence-electron chi connectivity index (χ1n) is 6.76. The third-order valence-electron chi connectivity index (χ3n) is 2.80. The molecule has 1 aromatic carbocycles. The van der Waals surface area contributed by atoms with Crippen molar-refractivity contribution in [3.63, 3.8) is 0 Å². The molecule has 0 spiro atoms. The summed E-state index contributed by atoms with van der Waals surface area (Å²) >= 11 is 5.94. The fraction of sp³-hybridized carbons (Fsp3) is 0.600. The molecule has 20 heavy (non-hydrogen) atoms. The molecule has 5 heteroatoms. The fourth-order valence-electron chi connectivity index (χ4n) is 1.68. The average Bonchev–Trinajstić information content (AvgIpc) is 2.42. The van der Waals surface area contributed by atoms with Crippen molar-refractivity contribution >= 4 is 11.6 Å². The molecule has 0 aromatic heterocycles. The molecule has 114 valence electrons. The molecule has 0 atom stereocenters. The minimum absolute atomic E-state index is 0.152. The fourth-order valence-corrected chi connectivity index (χ4v) is 1.91. The van der Waals surface area contributed by atoms with Crippen molar-refractivity contribution in [2.24, 2.45) is 5.92 Å². The third kappa shape index (κ3) is 5.57. The Kier molecular flexibility index (Phi) is 7.73. The molecule has 0 amide bonds. The Morgan fingerprint density at radius 3 is 2.55 bits per heavy atom. The van der Waals surface area contributed by atoms with Crippen LogP contribution in [0.4, 0.5) is 0 Å². The van der Waals surface area contributed by atoms with E-state index in [2.05, 4.69) is 13.8 Å². The van der Waals surface area contributed by atoms with E-state index in [0.717, 1.165) is 13.0 Å². The standard InChI is InChI=1S/C15H23ClO4/c1-11(2)4-5-19-6-7-20-15-12(10-17)8-13(16)9-14(15)18-3/h8-9,11,17H,4-7,10H2,1-3H3. The monoisotopic (exact) mass is 302 g/mol. The highest BCUT2D eigenvalue weighted by molar-refractivity contribution is 6.30. The van der Waals surface area contributed by atoms with E-state index in [0.29, 0.717) is 41.2 Å². The first-order valence-corrected chi connectivity index (χ1v) is 7.14. The van der Waals surface area contributed by atoms with E-state index in [1.165, 1.54) is 0 Å². The van der Waals surface area contributed by atoms with Crippen molar-refractivity contribution in [3.05, 3.63) is 22.7 Å². The molecule has 0 heterocycles. The van der Waals surface area contributed by atoms with E-state index < -0.39 is 0 Å². The molecule has 0 aliphatic carbocycles. The minimum Gasteiger partial charge on any atom is -0.493 e. The highest BCUT2D eigenvalue weighted by Gasteiger charge is 2.12. The van der Waals surface area contributed by atoms with Crippen LogP contribution in [0.1, 0.15) is 25.8 Å². The van der Waals surface area contributed by atoms with Crippen LogP contribution >= 0.6 is 11.6 Å². The van der Waals surface area contributed by atoms with Crippen LogP contribution in [0.2, 0.25) is 5.02 Å². The Bertz CT molecular complexity index is 382. The van der Waals surface area contributed by atoms with Crippen molar-refractivity contribution < 1.29 is 19.3 Å². The maximum atomic E-state index is 9.34. The van der Waals surface area contributed by atoms with Crippen molar-refractivity contribution in [1.29, 1.82) is 0 Å². The van der Waals surface area contributed by atoms with E-state index in [-0.39, 0.29) is 6.61 Å². The van der Waals surface area contributed by atoms with Gasteiger partial charge in [-0.2, -0.15) is 0 Å². The number of aliphatic hydroxyl groups excluding tert-OH is 1. The summed E-state index contributed by atoms with van der Waals surface area (Å²) in [5, 5.41) is 9.85. The minimum atomic E-state index is -0.152. The Morgan fingerprint density at radius 1 is 1.20 bits per heavy atom.